The lowest BCUT2D eigenvalue weighted by Crippen LogP contribution is -2.32. The SMILES string of the molecule is COc1c(F)cc(F)c(O)c1C1(C(C)N)CC1. The molecular formula is C12H15F2NO2. The van der Waals surface area contributed by atoms with Crippen molar-refractivity contribution < 1.29 is 18.6 Å². The monoisotopic (exact) mass is 243 g/mol. The summed E-state index contributed by atoms with van der Waals surface area (Å²) in [5.74, 6) is -2.47. The number of rotatable bonds is 3. The van der Waals surface area contributed by atoms with Crippen molar-refractivity contribution in [3.63, 3.8) is 0 Å². The van der Waals surface area contributed by atoms with Gasteiger partial charge in [-0.3, -0.25) is 0 Å². The van der Waals surface area contributed by atoms with Gasteiger partial charge in [-0.25, -0.2) is 8.78 Å². The Hall–Kier alpha value is -1.36. The molecule has 1 unspecified atom stereocenters. The average Bonchev–Trinajstić information content (AvgIpc) is 3.04. The standard InChI is InChI=1S/C12H15F2NO2/c1-6(15)12(3-4-12)9-10(16)7(13)5-8(14)11(9)17-2/h5-6,16H,3-4,15H2,1-2H3. The summed E-state index contributed by atoms with van der Waals surface area (Å²) in [5, 5.41) is 9.78. The van der Waals surface area contributed by atoms with Gasteiger partial charge in [0.2, 0.25) is 0 Å². The summed E-state index contributed by atoms with van der Waals surface area (Å²) < 4.78 is 31.9. The second kappa shape index (κ2) is 3.84. The van der Waals surface area contributed by atoms with E-state index in [0.717, 1.165) is 0 Å². The molecule has 1 atom stereocenters. The number of benzene rings is 1. The molecule has 0 radical (unpaired) electrons. The molecule has 0 heterocycles. The number of ether oxygens (including phenoxy) is 1. The Bertz CT molecular complexity index is 456. The summed E-state index contributed by atoms with van der Waals surface area (Å²) in [6.45, 7) is 1.76. The lowest BCUT2D eigenvalue weighted by molar-refractivity contribution is 0.348. The summed E-state index contributed by atoms with van der Waals surface area (Å²) in [4.78, 5) is 0. The van der Waals surface area contributed by atoms with Gasteiger partial charge in [0.1, 0.15) is 0 Å². The largest absolute Gasteiger partial charge is 0.505 e. The highest BCUT2D eigenvalue weighted by molar-refractivity contribution is 5.54. The lowest BCUT2D eigenvalue weighted by Gasteiger charge is -2.24. The molecular weight excluding hydrogens is 228 g/mol. The van der Waals surface area contributed by atoms with E-state index < -0.39 is 22.8 Å². The van der Waals surface area contributed by atoms with Crippen molar-refractivity contribution in [3.05, 3.63) is 23.3 Å². The topological polar surface area (TPSA) is 55.5 Å². The van der Waals surface area contributed by atoms with E-state index >= 15 is 0 Å². The molecule has 3 nitrogen and oxygen atoms in total. The van der Waals surface area contributed by atoms with Crippen LogP contribution in [0, 0.1) is 11.6 Å². The van der Waals surface area contributed by atoms with Crippen LogP contribution in [0.2, 0.25) is 0 Å². The number of phenolic OH excluding ortho intramolecular Hbond substituents is 1. The Morgan fingerprint density at radius 3 is 2.41 bits per heavy atom. The van der Waals surface area contributed by atoms with Crippen LogP contribution in [-0.2, 0) is 5.41 Å². The molecule has 0 spiro atoms. The number of nitrogens with two attached hydrogens (primary N) is 1. The molecule has 17 heavy (non-hydrogen) atoms. The van der Waals surface area contributed by atoms with Crippen LogP contribution in [0.3, 0.4) is 0 Å². The fourth-order valence-electron chi connectivity index (χ4n) is 2.32. The van der Waals surface area contributed by atoms with E-state index in [1.54, 1.807) is 6.92 Å². The van der Waals surface area contributed by atoms with E-state index in [-0.39, 0.29) is 17.4 Å². The van der Waals surface area contributed by atoms with Gasteiger partial charge in [-0.1, -0.05) is 0 Å². The third-order valence-electron chi connectivity index (χ3n) is 3.52. The van der Waals surface area contributed by atoms with Crippen molar-refractivity contribution in [1.29, 1.82) is 0 Å². The van der Waals surface area contributed by atoms with Crippen LogP contribution in [0.1, 0.15) is 25.3 Å². The van der Waals surface area contributed by atoms with Gasteiger partial charge in [0, 0.05) is 23.1 Å². The molecule has 1 aliphatic carbocycles. The maximum absolute atomic E-state index is 13.6. The van der Waals surface area contributed by atoms with Crippen molar-refractivity contribution in [3.8, 4) is 11.5 Å². The van der Waals surface area contributed by atoms with Crippen molar-refractivity contribution >= 4 is 0 Å². The Labute approximate surface area is 98.2 Å². The van der Waals surface area contributed by atoms with E-state index in [0.29, 0.717) is 18.9 Å². The summed E-state index contributed by atoms with van der Waals surface area (Å²) >= 11 is 0. The fraction of sp³-hybridized carbons (Fsp3) is 0.500. The summed E-state index contributed by atoms with van der Waals surface area (Å²) in [7, 11) is 1.29. The maximum atomic E-state index is 13.6. The Morgan fingerprint density at radius 2 is 2.00 bits per heavy atom. The smallest absolute Gasteiger partial charge is 0.168 e. The molecule has 94 valence electrons. The number of halogens is 2. The Morgan fingerprint density at radius 1 is 1.41 bits per heavy atom. The first kappa shape index (κ1) is 12.1. The first-order valence-corrected chi connectivity index (χ1v) is 5.45. The third kappa shape index (κ3) is 1.65. The van der Waals surface area contributed by atoms with Crippen LogP contribution in [-0.4, -0.2) is 18.3 Å². The average molecular weight is 243 g/mol. The van der Waals surface area contributed by atoms with Gasteiger partial charge in [0.25, 0.3) is 0 Å². The van der Waals surface area contributed by atoms with Gasteiger partial charge in [-0.05, 0) is 19.8 Å². The minimum absolute atomic E-state index is 0.112. The molecule has 5 heteroatoms. The van der Waals surface area contributed by atoms with Crippen LogP contribution in [0.15, 0.2) is 6.07 Å². The highest BCUT2D eigenvalue weighted by Gasteiger charge is 2.52. The van der Waals surface area contributed by atoms with Crippen molar-refractivity contribution in [2.45, 2.75) is 31.2 Å². The summed E-state index contributed by atoms with van der Waals surface area (Å²) in [5.41, 5.74) is 5.43. The predicted octanol–water partition coefficient (Wildman–Crippen LogP) is 2.06. The Kier molecular flexibility index (Phi) is 2.73. The number of hydrogen-bond acceptors (Lipinski definition) is 3. The first-order chi connectivity index (χ1) is 7.94. The molecule has 1 fully saturated rings. The van der Waals surface area contributed by atoms with Gasteiger partial charge in [0.05, 0.1) is 7.11 Å². The number of methoxy groups -OCH3 is 1. The molecule has 0 aromatic heterocycles. The highest BCUT2D eigenvalue weighted by Crippen LogP contribution is 2.57. The number of hydrogen-bond donors (Lipinski definition) is 2. The van der Waals surface area contributed by atoms with Crippen LogP contribution < -0.4 is 10.5 Å². The maximum Gasteiger partial charge on any atom is 0.168 e. The van der Waals surface area contributed by atoms with Crippen LogP contribution in [0.4, 0.5) is 8.78 Å². The fourth-order valence-corrected chi connectivity index (χ4v) is 2.32. The lowest BCUT2D eigenvalue weighted by atomic mass is 9.87. The Balaban J connectivity index is 2.67. The van der Waals surface area contributed by atoms with E-state index in [9.17, 15) is 13.9 Å². The summed E-state index contributed by atoms with van der Waals surface area (Å²) in [6, 6.07) is 0.318. The number of phenols is 1. The van der Waals surface area contributed by atoms with Gasteiger partial charge in [-0.15, -0.1) is 0 Å². The molecule has 1 aromatic rings. The third-order valence-corrected chi connectivity index (χ3v) is 3.52. The zero-order chi connectivity index (χ0) is 12.8. The zero-order valence-electron chi connectivity index (χ0n) is 9.76. The highest BCUT2D eigenvalue weighted by atomic mass is 19.1. The second-order valence-corrected chi connectivity index (χ2v) is 4.54. The van der Waals surface area contributed by atoms with Crippen molar-refractivity contribution in [2.75, 3.05) is 7.11 Å². The first-order valence-electron chi connectivity index (χ1n) is 5.45. The molecule has 3 N–H and O–H groups in total. The zero-order valence-corrected chi connectivity index (χ0v) is 9.76. The van der Waals surface area contributed by atoms with Gasteiger partial charge >= 0.3 is 0 Å². The molecule has 1 saturated carbocycles. The molecule has 1 aliphatic rings. The van der Waals surface area contributed by atoms with E-state index in [1.807, 2.05) is 0 Å². The molecule has 1 aromatic carbocycles. The summed E-state index contributed by atoms with van der Waals surface area (Å²) in [6.07, 6.45) is 1.38. The van der Waals surface area contributed by atoms with E-state index in [4.69, 9.17) is 10.5 Å². The van der Waals surface area contributed by atoms with Gasteiger partial charge in [0.15, 0.2) is 23.1 Å². The minimum atomic E-state index is -0.981. The van der Waals surface area contributed by atoms with Crippen LogP contribution in [0.25, 0.3) is 0 Å². The number of aromatic hydroxyl groups is 1. The van der Waals surface area contributed by atoms with E-state index in [1.165, 1.54) is 7.11 Å². The van der Waals surface area contributed by atoms with Crippen LogP contribution in [0.5, 0.6) is 11.5 Å². The van der Waals surface area contributed by atoms with Crippen molar-refractivity contribution in [1.82, 2.24) is 0 Å². The minimum Gasteiger partial charge on any atom is -0.505 e. The molecule has 0 saturated heterocycles. The molecule has 0 amide bonds. The van der Waals surface area contributed by atoms with E-state index in [2.05, 4.69) is 0 Å². The molecule has 0 bridgehead atoms. The quantitative estimate of drug-likeness (QED) is 0.854. The van der Waals surface area contributed by atoms with Gasteiger partial charge in [-0.2, -0.15) is 0 Å². The molecule has 0 aliphatic heterocycles. The molecule has 2 rings (SSSR count). The predicted molar refractivity (Wildman–Crippen MR) is 59.1 cm³/mol. The normalized spacial score (nSPS) is 18.9. The van der Waals surface area contributed by atoms with Crippen molar-refractivity contribution in [2.24, 2.45) is 5.73 Å². The second-order valence-electron chi connectivity index (χ2n) is 4.54. The van der Waals surface area contributed by atoms with Gasteiger partial charge < -0.3 is 15.6 Å². The van der Waals surface area contributed by atoms with Crippen LogP contribution >= 0.6 is 0 Å².